The molecule has 0 bridgehead atoms. The fraction of sp³-hybridized carbons (Fsp3) is 0.600. The Morgan fingerprint density at radius 2 is 1.88 bits per heavy atom. The van der Waals surface area contributed by atoms with Crippen LogP contribution in [-0.2, 0) is 0 Å². The summed E-state index contributed by atoms with van der Waals surface area (Å²) in [7, 11) is 0. The Morgan fingerprint density at radius 3 is 2.44 bits per heavy atom. The van der Waals surface area contributed by atoms with Crippen molar-refractivity contribution < 1.29 is 0 Å². The molecule has 0 aliphatic carbocycles. The van der Waals surface area contributed by atoms with E-state index in [0.717, 1.165) is 5.92 Å². The van der Waals surface area contributed by atoms with Crippen molar-refractivity contribution in [2.75, 3.05) is 18.0 Å². The van der Waals surface area contributed by atoms with E-state index >= 15 is 0 Å². The zero-order valence-electron chi connectivity index (χ0n) is 10.7. The molecule has 1 aliphatic heterocycles. The highest BCUT2D eigenvalue weighted by molar-refractivity contribution is 5.48. The third-order valence-corrected chi connectivity index (χ3v) is 3.58. The van der Waals surface area contributed by atoms with E-state index in [2.05, 4.69) is 49.9 Å². The van der Waals surface area contributed by atoms with Crippen LogP contribution < -0.4 is 4.90 Å². The van der Waals surface area contributed by atoms with Crippen molar-refractivity contribution in [2.45, 2.75) is 39.5 Å². The van der Waals surface area contributed by atoms with E-state index in [-0.39, 0.29) is 0 Å². The summed E-state index contributed by atoms with van der Waals surface area (Å²) >= 11 is 0. The molecule has 1 aliphatic rings. The zero-order chi connectivity index (χ0) is 11.5. The van der Waals surface area contributed by atoms with Gasteiger partial charge in [0.25, 0.3) is 0 Å². The lowest BCUT2D eigenvalue weighted by molar-refractivity contribution is 0.447. The molecule has 0 saturated carbocycles. The summed E-state index contributed by atoms with van der Waals surface area (Å²) in [6, 6.07) is 9.12. The minimum Gasteiger partial charge on any atom is -0.371 e. The molecular weight excluding hydrogens is 194 g/mol. The summed E-state index contributed by atoms with van der Waals surface area (Å²) < 4.78 is 0. The molecule has 1 atom stereocenters. The number of anilines is 1. The summed E-state index contributed by atoms with van der Waals surface area (Å²) in [6.45, 7) is 9.30. The predicted molar refractivity (Wildman–Crippen MR) is 71.1 cm³/mol. The number of piperidine rings is 1. The number of nitrogens with zero attached hydrogens (tertiary/aromatic N) is 1. The van der Waals surface area contributed by atoms with Crippen LogP contribution in [0.3, 0.4) is 0 Å². The van der Waals surface area contributed by atoms with Crippen LogP contribution in [0.5, 0.6) is 0 Å². The van der Waals surface area contributed by atoms with Crippen molar-refractivity contribution in [3.05, 3.63) is 29.8 Å². The second-order valence-electron chi connectivity index (χ2n) is 5.44. The second kappa shape index (κ2) is 4.90. The van der Waals surface area contributed by atoms with Crippen LogP contribution in [0.25, 0.3) is 0 Å². The smallest absolute Gasteiger partial charge is 0.0366 e. The van der Waals surface area contributed by atoms with Gasteiger partial charge in [0.1, 0.15) is 0 Å². The van der Waals surface area contributed by atoms with Crippen molar-refractivity contribution >= 4 is 5.69 Å². The first-order valence-corrected chi connectivity index (χ1v) is 6.51. The van der Waals surface area contributed by atoms with Gasteiger partial charge in [-0.3, -0.25) is 0 Å². The van der Waals surface area contributed by atoms with Gasteiger partial charge in [0.15, 0.2) is 0 Å². The van der Waals surface area contributed by atoms with Crippen LogP contribution in [0.2, 0.25) is 0 Å². The Labute approximate surface area is 99.5 Å². The van der Waals surface area contributed by atoms with E-state index in [1.165, 1.54) is 37.2 Å². The van der Waals surface area contributed by atoms with Crippen molar-refractivity contribution in [3.63, 3.8) is 0 Å². The van der Waals surface area contributed by atoms with E-state index in [9.17, 15) is 0 Å². The molecule has 1 nitrogen and oxygen atoms in total. The van der Waals surface area contributed by atoms with Gasteiger partial charge in [-0.1, -0.05) is 32.9 Å². The molecule has 1 aromatic carbocycles. The van der Waals surface area contributed by atoms with Crippen LogP contribution in [0.15, 0.2) is 24.3 Å². The molecule has 1 heterocycles. The van der Waals surface area contributed by atoms with E-state index in [1.54, 1.807) is 0 Å². The molecule has 16 heavy (non-hydrogen) atoms. The van der Waals surface area contributed by atoms with Gasteiger partial charge in [-0.25, -0.2) is 0 Å². The van der Waals surface area contributed by atoms with Crippen molar-refractivity contribution in [3.8, 4) is 0 Å². The van der Waals surface area contributed by atoms with E-state index in [0.29, 0.717) is 5.92 Å². The Bertz CT molecular complexity index is 326. The van der Waals surface area contributed by atoms with Gasteiger partial charge in [-0.05, 0) is 42.4 Å². The minimum atomic E-state index is 0.634. The molecule has 2 rings (SSSR count). The largest absolute Gasteiger partial charge is 0.371 e. The van der Waals surface area contributed by atoms with E-state index in [1.807, 2.05) is 0 Å². The van der Waals surface area contributed by atoms with Gasteiger partial charge in [-0.15, -0.1) is 0 Å². The summed E-state index contributed by atoms with van der Waals surface area (Å²) in [4.78, 5) is 2.53. The maximum absolute atomic E-state index is 2.53. The Hall–Kier alpha value is -0.980. The lowest BCUT2D eigenvalue weighted by Gasteiger charge is -2.33. The molecular formula is C15H23N. The Balaban J connectivity index is 2.09. The van der Waals surface area contributed by atoms with E-state index < -0.39 is 0 Å². The minimum absolute atomic E-state index is 0.634. The third-order valence-electron chi connectivity index (χ3n) is 3.58. The normalized spacial score (nSPS) is 21.5. The van der Waals surface area contributed by atoms with Crippen molar-refractivity contribution in [1.82, 2.24) is 0 Å². The highest BCUT2D eigenvalue weighted by Gasteiger charge is 2.16. The molecule has 0 spiro atoms. The molecule has 1 aromatic rings. The number of benzene rings is 1. The maximum Gasteiger partial charge on any atom is 0.0366 e. The monoisotopic (exact) mass is 217 g/mol. The first-order valence-electron chi connectivity index (χ1n) is 6.51. The van der Waals surface area contributed by atoms with Gasteiger partial charge in [0, 0.05) is 18.8 Å². The van der Waals surface area contributed by atoms with Crippen LogP contribution >= 0.6 is 0 Å². The van der Waals surface area contributed by atoms with Gasteiger partial charge in [-0.2, -0.15) is 0 Å². The van der Waals surface area contributed by atoms with Crippen LogP contribution in [0.4, 0.5) is 5.69 Å². The van der Waals surface area contributed by atoms with Crippen LogP contribution in [0, 0.1) is 5.92 Å². The number of hydrogen-bond acceptors (Lipinski definition) is 1. The topological polar surface area (TPSA) is 3.24 Å². The molecule has 0 radical (unpaired) electrons. The third kappa shape index (κ3) is 2.58. The van der Waals surface area contributed by atoms with Crippen LogP contribution in [-0.4, -0.2) is 13.1 Å². The predicted octanol–water partition coefficient (Wildman–Crippen LogP) is 4.05. The van der Waals surface area contributed by atoms with Crippen molar-refractivity contribution in [1.29, 1.82) is 0 Å². The van der Waals surface area contributed by atoms with E-state index in [4.69, 9.17) is 0 Å². The summed E-state index contributed by atoms with van der Waals surface area (Å²) in [5.74, 6) is 1.48. The highest BCUT2D eigenvalue weighted by Crippen LogP contribution is 2.24. The summed E-state index contributed by atoms with van der Waals surface area (Å²) in [6.07, 6.45) is 2.73. The molecule has 1 fully saturated rings. The molecule has 0 amide bonds. The first kappa shape index (κ1) is 11.5. The second-order valence-corrected chi connectivity index (χ2v) is 5.44. The molecule has 0 unspecified atom stereocenters. The van der Waals surface area contributed by atoms with Gasteiger partial charge in [0.05, 0.1) is 0 Å². The summed E-state index contributed by atoms with van der Waals surface area (Å²) in [5, 5.41) is 0. The molecule has 1 heteroatoms. The zero-order valence-corrected chi connectivity index (χ0v) is 10.7. The fourth-order valence-corrected chi connectivity index (χ4v) is 2.49. The van der Waals surface area contributed by atoms with Gasteiger partial charge in [0.2, 0.25) is 0 Å². The van der Waals surface area contributed by atoms with Gasteiger partial charge >= 0.3 is 0 Å². The van der Waals surface area contributed by atoms with Crippen molar-refractivity contribution in [2.24, 2.45) is 5.92 Å². The molecule has 88 valence electrons. The fourth-order valence-electron chi connectivity index (χ4n) is 2.49. The standard InChI is InChI=1S/C15H23N/c1-12(2)14-6-8-15(9-7-14)16-10-4-5-13(3)11-16/h6-9,12-13H,4-5,10-11H2,1-3H3/t13-/m0/s1. The quantitative estimate of drug-likeness (QED) is 0.722. The summed E-state index contributed by atoms with van der Waals surface area (Å²) in [5.41, 5.74) is 2.84. The number of hydrogen-bond donors (Lipinski definition) is 0. The average molecular weight is 217 g/mol. The molecule has 0 aromatic heterocycles. The average Bonchev–Trinajstić information content (AvgIpc) is 2.29. The maximum atomic E-state index is 2.53. The lowest BCUT2D eigenvalue weighted by Crippen LogP contribution is -2.34. The number of rotatable bonds is 2. The Kier molecular flexibility index (Phi) is 3.52. The van der Waals surface area contributed by atoms with Crippen LogP contribution in [0.1, 0.15) is 45.1 Å². The van der Waals surface area contributed by atoms with Gasteiger partial charge < -0.3 is 4.90 Å². The molecule has 1 saturated heterocycles. The molecule has 0 N–H and O–H groups in total. The first-order chi connectivity index (χ1) is 7.66. The lowest BCUT2D eigenvalue weighted by atomic mass is 9.98. The Morgan fingerprint density at radius 1 is 1.19 bits per heavy atom. The highest BCUT2D eigenvalue weighted by atomic mass is 15.1. The SMILES string of the molecule is CC(C)c1ccc(N2CCC[C@H](C)C2)cc1.